The molecule has 118 valence electrons. The van der Waals surface area contributed by atoms with Crippen molar-refractivity contribution < 1.29 is 5.11 Å². The van der Waals surface area contributed by atoms with Crippen molar-refractivity contribution in [2.75, 3.05) is 0 Å². The maximum absolute atomic E-state index is 9.46. The van der Waals surface area contributed by atoms with E-state index in [0.717, 1.165) is 30.1 Å². The molecule has 2 rings (SSSR count). The summed E-state index contributed by atoms with van der Waals surface area (Å²) in [5.41, 5.74) is 0. The number of hydrogen-bond donors (Lipinski definition) is 1. The Morgan fingerprint density at radius 1 is 0.900 bits per heavy atom. The molecular formula is C19H36O. The summed E-state index contributed by atoms with van der Waals surface area (Å²) in [6.07, 6.45) is 16.9. The second-order valence-electron chi connectivity index (χ2n) is 7.94. The molecule has 0 aromatic heterocycles. The van der Waals surface area contributed by atoms with Gasteiger partial charge in [0.15, 0.2) is 0 Å². The van der Waals surface area contributed by atoms with Gasteiger partial charge < -0.3 is 5.11 Å². The maximum atomic E-state index is 9.46. The molecule has 0 amide bonds. The van der Waals surface area contributed by atoms with E-state index in [1.54, 1.807) is 0 Å². The quantitative estimate of drug-likeness (QED) is 0.675. The van der Waals surface area contributed by atoms with E-state index in [0.29, 0.717) is 0 Å². The molecular weight excluding hydrogens is 244 g/mol. The average Bonchev–Trinajstić information content (AvgIpc) is 2.46. The number of aliphatic hydroxyl groups excluding tert-OH is 1. The first-order valence-corrected chi connectivity index (χ1v) is 9.33. The predicted molar refractivity (Wildman–Crippen MR) is 86.7 cm³/mol. The van der Waals surface area contributed by atoms with Crippen molar-refractivity contribution in [2.24, 2.45) is 23.7 Å². The van der Waals surface area contributed by atoms with Gasteiger partial charge in [-0.3, -0.25) is 0 Å². The van der Waals surface area contributed by atoms with Gasteiger partial charge in [0.2, 0.25) is 0 Å². The summed E-state index contributed by atoms with van der Waals surface area (Å²) in [6.45, 7) is 4.46. The molecule has 2 saturated carbocycles. The van der Waals surface area contributed by atoms with Crippen LogP contribution in [-0.4, -0.2) is 11.2 Å². The van der Waals surface area contributed by atoms with Crippen LogP contribution in [0.4, 0.5) is 0 Å². The van der Waals surface area contributed by atoms with Gasteiger partial charge in [-0.2, -0.15) is 0 Å². The minimum atomic E-state index is -0.100. The van der Waals surface area contributed by atoms with Crippen LogP contribution in [0.5, 0.6) is 0 Å². The fourth-order valence-corrected chi connectivity index (χ4v) is 4.78. The monoisotopic (exact) mass is 280 g/mol. The van der Waals surface area contributed by atoms with Crippen LogP contribution in [0.1, 0.15) is 90.9 Å². The van der Waals surface area contributed by atoms with Crippen LogP contribution in [0.3, 0.4) is 0 Å². The molecule has 0 aliphatic heterocycles. The van der Waals surface area contributed by atoms with Gasteiger partial charge >= 0.3 is 0 Å². The third-order valence-electron chi connectivity index (χ3n) is 6.04. The molecule has 0 spiro atoms. The third kappa shape index (κ3) is 5.39. The summed E-state index contributed by atoms with van der Waals surface area (Å²) in [7, 11) is 0. The van der Waals surface area contributed by atoms with E-state index < -0.39 is 0 Å². The lowest BCUT2D eigenvalue weighted by atomic mass is 9.72. The second-order valence-corrected chi connectivity index (χ2v) is 7.94. The normalized spacial score (nSPS) is 31.9. The largest absolute Gasteiger partial charge is 0.393 e. The Hall–Kier alpha value is -0.0400. The standard InChI is InChI=1S/C19H36O/c1-15(19-9-4-3-5-10-19)13-18-8-6-7-17(14-18)12-11-16(2)20/h15-20H,3-14H2,1-2H3/t15?,16-,17?,18?/m0/s1. The lowest BCUT2D eigenvalue weighted by molar-refractivity contribution is 0.146. The molecule has 1 N–H and O–H groups in total. The Balaban J connectivity index is 1.71. The third-order valence-corrected chi connectivity index (χ3v) is 6.04. The Kier molecular flexibility index (Phi) is 6.87. The van der Waals surface area contributed by atoms with Crippen molar-refractivity contribution in [1.29, 1.82) is 0 Å². The van der Waals surface area contributed by atoms with Crippen molar-refractivity contribution in [3.63, 3.8) is 0 Å². The zero-order chi connectivity index (χ0) is 14.4. The highest BCUT2D eigenvalue weighted by molar-refractivity contribution is 4.78. The predicted octanol–water partition coefficient (Wildman–Crippen LogP) is 5.56. The van der Waals surface area contributed by atoms with Gasteiger partial charge in [-0.15, -0.1) is 0 Å². The fourth-order valence-electron chi connectivity index (χ4n) is 4.78. The van der Waals surface area contributed by atoms with Gasteiger partial charge in [0.05, 0.1) is 6.10 Å². The molecule has 0 heterocycles. The first kappa shape index (κ1) is 16.3. The molecule has 0 saturated heterocycles. The molecule has 0 bridgehead atoms. The molecule has 2 fully saturated rings. The minimum Gasteiger partial charge on any atom is -0.393 e. The minimum absolute atomic E-state index is 0.100. The molecule has 3 unspecified atom stereocenters. The lowest BCUT2D eigenvalue weighted by Gasteiger charge is -2.34. The van der Waals surface area contributed by atoms with Crippen molar-refractivity contribution in [1.82, 2.24) is 0 Å². The van der Waals surface area contributed by atoms with Crippen LogP contribution < -0.4 is 0 Å². The van der Waals surface area contributed by atoms with E-state index in [4.69, 9.17) is 0 Å². The van der Waals surface area contributed by atoms with E-state index in [9.17, 15) is 5.11 Å². The van der Waals surface area contributed by atoms with Gasteiger partial charge in [-0.05, 0) is 56.3 Å². The van der Waals surface area contributed by atoms with Gasteiger partial charge in [0, 0.05) is 0 Å². The Morgan fingerprint density at radius 2 is 1.60 bits per heavy atom. The highest BCUT2D eigenvalue weighted by Gasteiger charge is 2.27. The number of aliphatic hydroxyl groups is 1. The van der Waals surface area contributed by atoms with Crippen LogP contribution >= 0.6 is 0 Å². The summed E-state index contributed by atoms with van der Waals surface area (Å²) in [5.74, 6) is 3.87. The van der Waals surface area contributed by atoms with Gasteiger partial charge in [-0.25, -0.2) is 0 Å². The van der Waals surface area contributed by atoms with Crippen molar-refractivity contribution in [3.05, 3.63) is 0 Å². The maximum Gasteiger partial charge on any atom is 0.0512 e. The van der Waals surface area contributed by atoms with Crippen LogP contribution in [-0.2, 0) is 0 Å². The van der Waals surface area contributed by atoms with Crippen LogP contribution in [0.15, 0.2) is 0 Å². The van der Waals surface area contributed by atoms with Gasteiger partial charge in [-0.1, -0.05) is 58.3 Å². The van der Waals surface area contributed by atoms with Crippen LogP contribution in [0.25, 0.3) is 0 Å². The molecule has 0 aromatic carbocycles. The summed E-state index contributed by atoms with van der Waals surface area (Å²) in [6, 6.07) is 0. The lowest BCUT2D eigenvalue weighted by Crippen LogP contribution is -2.22. The Bertz CT molecular complexity index is 254. The Morgan fingerprint density at radius 3 is 2.30 bits per heavy atom. The summed E-state index contributed by atoms with van der Waals surface area (Å²) >= 11 is 0. The smallest absolute Gasteiger partial charge is 0.0512 e. The molecule has 4 atom stereocenters. The highest BCUT2D eigenvalue weighted by Crippen LogP contribution is 2.39. The van der Waals surface area contributed by atoms with E-state index >= 15 is 0 Å². The zero-order valence-electron chi connectivity index (χ0n) is 13.8. The summed E-state index contributed by atoms with van der Waals surface area (Å²) < 4.78 is 0. The Labute approximate surface area is 126 Å². The second kappa shape index (κ2) is 8.41. The molecule has 1 heteroatoms. The first-order valence-electron chi connectivity index (χ1n) is 9.33. The molecule has 0 radical (unpaired) electrons. The van der Waals surface area contributed by atoms with E-state index in [1.165, 1.54) is 70.6 Å². The topological polar surface area (TPSA) is 20.2 Å². The van der Waals surface area contributed by atoms with Crippen molar-refractivity contribution >= 4 is 0 Å². The zero-order valence-corrected chi connectivity index (χ0v) is 13.8. The van der Waals surface area contributed by atoms with Crippen LogP contribution in [0, 0.1) is 23.7 Å². The number of rotatable bonds is 6. The molecule has 0 aromatic rings. The van der Waals surface area contributed by atoms with Crippen molar-refractivity contribution in [2.45, 2.75) is 97.0 Å². The first-order chi connectivity index (χ1) is 9.65. The molecule has 1 nitrogen and oxygen atoms in total. The van der Waals surface area contributed by atoms with Gasteiger partial charge in [0.25, 0.3) is 0 Å². The molecule has 2 aliphatic rings. The average molecular weight is 280 g/mol. The SMILES string of the molecule is CC(CC1CCCC(CC[C@H](C)O)C1)C1CCCCC1. The highest BCUT2D eigenvalue weighted by atomic mass is 16.3. The van der Waals surface area contributed by atoms with E-state index in [1.807, 2.05) is 6.92 Å². The van der Waals surface area contributed by atoms with E-state index in [2.05, 4.69) is 6.92 Å². The van der Waals surface area contributed by atoms with Crippen molar-refractivity contribution in [3.8, 4) is 0 Å². The number of hydrogen-bond acceptors (Lipinski definition) is 1. The summed E-state index contributed by atoms with van der Waals surface area (Å²) in [5, 5.41) is 9.46. The summed E-state index contributed by atoms with van der Waals surface area (Å²) in [4.78, 5) is 0. The fraction of sp³-hybridized carbons (Fsp3) is 1.00. The molecule has 2 aliphatic carbocycles. The molecule has 20 heavy (non-hydrogen) atoms. The van der Waals surface area contributed by atoms with E-state index in [-0.39, 0.29) is 6.10 Å². The van der Waals surface area contributed by atoms with Gasteiger partial charge in [0.1, 0.15) is 0 Å². The van der Waals surface area contributed by atoms with Crippen LogP contribution in [0.2, 0.25) is 0 Å².